The third kappa shape index (κ3) is 1.46. The molecule has 3 rings (SSSR count). The molecule has 3 aliphatic carbocycles. The van der Waals surface area contributed by atoms with E-state index in [4.69, 9.17) is 0 Å². The van der Waals surface area contributed by atoms with Gasteiger partial charge in [0.1, 0.15) is 0 Å². The lowest BCUT2D eigenvalue weighted by Crippen LogP contribution is -1.93. The van der Waals surface area contributed by atoms with Crippen molar-refractivity contribution in [3.8, 4) is 0 Å². The third-order valence-electron chi connectivity index (χ3n) is 4.31. The van der Waals surface area contributed by atoms with Gasteiger partial charge in [-0.05, 0) is 49.4 Å². The van der Waals surface area contributed by atoms with Crippen molar-refractivity contribution in [1.29, 1.82) is 0 Å². The molecule has 0 bridgehead atoms. The molecular formula is C10H12Br4. The van der Waals surface area contributed by atoms with Crippen LogP contribution in [0.4, 0.5) is 0 Å². The first-order valence-corrected chi connectivity index (χ1v) is 8.38. The Hall–Kier alpha value is 1.92. The normalized spacial score (nSPS) is 52.3. The van der Waals surface area contributed by atoms with Gasteiger partial charge in [0.15, 0.2) is 0 Å². The van der Waals surface area contributed by atoms with E-state index >= 15 is 0 Å². The summed E-state index contributed by atoms with van der Waals surface area (Å²) < 4.78 is 0.607. The molecule has 4 atom stereocenters. The lowest BCUT2D eigenvalue weighted by Gasteiger charge is -2.03. The van der Waals surface area contributed by atoms with E-state index in [2.05, 4.69) is 63.7 Å². The summed E-state index contributed by atoms with van der Waals surface area (Å²) in [5, 5.41) is 0. The summed E-state index contributed by atoms with van der Waals surface area (Å²) in [5.74, 6) is 3.50. The Morgan fingerprint density at radius 3 is 1.00 bits per heavy atom. The average Bonchev–Trinajstić information content (AvgIpc) is 2.67. The van der Waals surface area contributed by atoms with Gasteiger partial charge in [-0.15, -0.1) is 0 Å². The molecule has 3 fully saturated rings. The molecule has 0 aromatic rings. The summed E-state index contributed by atoms with van der Waals surface area (Å²) in [6.07, 6.45) is 5.51. The van der Waals surface area contributed by atoms with Crippen LogP contribution in [-0.2, 0) is 0 Å². The van der Waals surface area contributed by atoms with Crippen molar-refractivity contribution in [2.75, 3.05) is 0 Å². The molecule has 0 N–H and O–H groups in total. The fourth-order valence-corrected chi connectivity index (χ4v) is 7.07. The molecule has 0 spiro atoms. The van der Waals surface area contributed by atoms with Crippen LogP contribution in [0.1, 0.15) is 25.7 Å². The minimum absolute atomic E-state index is 0.304. The van der Waals surface area contributed by atoms with Crippen LogP contribution in [0.2, 0.25) is 0 Å². The zero-order valence-corrected chi connectivity index (χ0v) is 14.0. The van der Waals surface area contributed by atoms with Crippen LogP contribution in [-0.4, -0.2) is 6.47 Å². The summed E-state index contributed by atoms with van der Waals surface area (Å²) >= 11 is 15.2. The van der Waals surface area contributed by atoms with Crippen LogP contribution in [0.25, 0.3) is 0 Å². The minimum atomic E-state index is 0.304. The predicted octanol–water partition coefficient (Wildman–Crippen LogP) is 5.02. The first-order valence-electron chi connectivity index (χ1n) is 5.21. The highest BCUT2D eigenvalue weighted by Crippen LogP contribution is 2.73. The second-order valence-electron chi connectivity index (χ2n) is 4.93. The van der Waals surface area contributed by atoms with E-state index in [0.717, 1.165) is 23.7 Å². The fourth-order valence-electron chi connectivity index (χ4n) is 3.21. The van der Waals surface area contributed by atoms with E-state index in [1.54, 1.807) is 0 Å². The number of alkyl halides is 4. The van der Waals surface area contributed by atoms with Crippen LogP contribution in [0.5, 0.6) is 0 Å². The third-order valence-corrected chi connectivity index (χ3v) is 9.01. The Morgan fingerprint density at radius 1 is 0.571 bits per heavy atom. The lowest BCUT2D eigenvalue weighted by molar-refractivity contribution is 0.468. The zero-order chi connectivity index (χ0) is 10.1. The van der Waals surface area contributed by atoms with Crippen LogP contribution >= 0.6 is 63.7 Å². The van der Waals surface area contributed by atoms with Gasteiger partial charge in [0.2, 0.25) is 0 Å². The second-order valence-corrected chi connectivity index (χ2v) is 12.3. The molecule has 0 aromatic heterocycles. The Kier molecular flexibility index (Phi) is 2.55. The van der Waals surface area contributed by atoms with Gasteiger partial charge in [-0.3, -0.25) is 0 Å². The Balaban J connectivity index is 1.71. The molecule has 3 saturated carbocycles. The maximum Gasteiger partial charge on any atom is 0.0868 e. The van der Waals surface area contributed by atoms with Crippen LogP contribution in [0.15, 0.2) is 0 Å². The molecule has 80 valence electrons. The van der Waals surface area contributed by atoms with Gasteiger partial charge in [-0.2, -0.15) is 0 Å². The van der Waals surface area contributed by atoms with E-state index in [-0.39, 0.29) is 0 Å². The van der Waals surface area contributed by atoms with Crippen molar-refractivity contribution in [3.05, 3.63) is 0 Å². The summed E-state index contributed by atoms with van der Waals surface area (Å²) in [5.41, 5.74) is 0. The summed E-state index contributed by atoms with van der Waals surface area (Å²) in [6, 6.07) is 0. The van der Waals surface area contributed by atoms with Gasteiger partial charge in [0, 0.05) is 0 Å². The minimum Gasteiger partial charge on any atom is -0.0721 e. The number of rotatable bonds is 0. The van der Waals surface area contributed by atoms with Crippen molar-refractivity contribution in [1.82, 2.24) is 0 Å². The number of hydrogen-bond acceptors (Lipinski definition) is 0. The summed E-state index contributed by atoms with van der Waals surface area (Å²) in [6.45, 7) is 0. The molecule has 0 amide bonds. The molecule has 3 aliphatic rings. The first kappa shape index (κ1) is 11.0. The summed E-state index contributed by atoms with van der Waals surface area (Å²) in [4.78, 5) is 0. The Labute approximate surface area is 118 Å². The molecule has 0 aliphatic heterocycles. The van der Waals surface area contributed by atoms with E-state index in [1.165, 1.54) is 25.7 Å². The van der Waals surface area contributed by atoms with Gasteiger partial charge >= 0.3 is 0 Å². The van der Waals surface area contributed by atoms with Crippen molar-refractivity contribution in [3.63, 3.8) is 0 Å². The molecule has 14 heavy (non-hydrogen) atoms. The second kappa shape index (κ2) is 3.23. The highest BCUT2D eigenvalue weighted by Gasteiger charge is 2.67. The highest BCUT2D eigenvalue weighted by molar-refractivity contribution is 9.26. The van der Waals surface area contributed by atoms with E-state index < -0.39 is 0 Å². The van der Waals surface area contributed by atoms with Crippen molar-refractivity contribution < 1.29 is 0 Å². The van der Waals surface area contributed by atoms with Crippen LogP contribution in [0.3, 0.4) is 0 Å². The van der Waals surface area contributed by atoms with Crippen molar-refractivity contribution >= 4 is 63.7 Å². The molecule has 0 aromatic carbocycles. The first-order chi connectivity index (χ1) is 6.45. The molecule has 4 heteroatoms. The van der Waals surface area contributed by atoms with Gasteiger partial charge in [0.05, 0.1) is 6.47 Å². The van der Waals surface area contributed by atoms with Crippen LogP contribution < -0.4 is 0 Å². The van der Waals surface area contributed by atoms with Gasteiger partial charge in [-0.25, -0.2) is 0 Å². The van der Waals surface area contributed by atoms with E-state index in [0.29, 0.717) is 6.47 Å². The maximum atomic E-state index is 3.81. The Bertz CT molecular complexity index is 221. The number of fused-ring (bicyclic) bond motifs is 2. The lowest BCUT2D eigenvalue weighted by atomic mass is 10.0. The maximum absolute atomic E-state index is 3.81. The van der Waals surface area contributed by atoms with Gasteiger partial charge in [0.25, 0.3) is 0 Å². The SMILES string of the molecule is BrC1(Br)C2CCC3C(CCC21)C3(Br)Br. The molecule has 0 radical (unpaired) electrons. The van der Waals surface area contributed by atoms with E-state index in [9.17, 15) is 0 Å². The smallest absolute Gasteiger partial charge is 0.0721 e. The number of hydrogen-bond donors (Lipinski definition) is 0. The standard InChI is InChI=1S/C10H12Br4/c11-9(12)5-1-2-6-8(10(6,13)14)4-3-7(5)9/h5-8H,1-4H2. The van der Waals surface area contributed by atoms with Crippen LogP contribution in [0, 0.1) is 23.7 Å². The highest BCUT2D eigenvalue weighted by atomic mass is 79.9. The molecule has 0 nitrogen and oxygen atoms in total. The van der Waals surface area contributed by atoms with E-state index in [1.807, 2.05) is 0 Å². The summed E-state index contributed by atoms with van der Waals surface area (Å²) in [7, 11) is 0. The molecule has 0 heterocycles. The predicted molar refractivity (Wildman–Crippen MR) is 73.6 cm³/mol. The topological polar surface area (TPSA) is 0 Å². The zero-order valence-electron chi connectivity index (χ0n) is 7.65. The molecule has 0 saturated heterocycles. The van der Waals surface area contributed by atoms with Gasteiger partial charge in [-0.1, -0.05) is 63.7 Å². The largest absolute Gasteiger partial charge is 0.0868 e. The van der Waals surface area contributed by atoms with Gasteiger partial charge < -0.3 is 0 Å². The average molecular weight is 452 g/mol. The Morgan fingerprint density at radius 2 is 0.786 bits per heavy atom. The number of halogens is 4. The molecular weight excluding hydrogens is 440 g/mol. The fraction of sp³-hybridized carbons (Fsp3) is 1.00. The molecule has 4 unspecified atom stereocenters. The quantitative estimate of drug-likeness (QED) is 0.453. The van der Waals surface area contributed by atoms with Crippen molar-refractivity contribution in [2.45, 2.75) is 32.2 Å². The van der Waals surface area contributed by atoms with Crippen molar-refractivity contribution in [2.24, 2.45) is 23.7 Å². The monoisotopic (exact) mass is 448 g/mol.